The molecule has 0 aromatic heterocycles. The Labute approximate surface area is 99.3 Å². The van der Waals surface area contributed by atoms with Crippen molar-refractivity contribution in [2.45, 2.75) is 19.4 Å². The van der Waals surface area contributed by atoms with Gasteiger partial charge in [-0.25, -0.2) is 4.79 Å². The zero-order valence-electron chi connectivity index (χ0n) is 9.54. The third kappa shape index (κ3) is 4.65. The molecule has 0 fully saturated rings. The Morgan fingerprint density at radius 1 is 1.41 bits per heavy atom. The van der Waals surface area contributed by atoms with E-state index in [1.54, 1.807) is 0 Å². The summed E-state index contributed by atoms with van der Waals surface area (Å²) >= 11 is 0. The normalized spacial score (nSPS) is 13.2. The Balaban J connectivity index is 2.33. The number of carboxylic acid groups (broad SMARTS) is 1. The molecule has 0 aliphatic carbocycles. The van der Waals surface area contributed by atoms with E-state index in [1.165, 1.54) is 6.92 Å². The fraction of sp³-hybridized carbons (Fsp3) is 0.333. The van der Waals surface area contributed by atoms with Crippen LogP contribution in [0.25, 0.3) is 0 Å². The van der Waals surface area contributed by atoms with Crippen LogP contribution in [-0.2, 0) is 9.63 Å². The summed E-state index contributed by atoms with van der Waals surface area (Å²) in [6, 6.07) is 9.18. The Kier molecular flexibility index (Phi) is 5.16. The van der Waals surface area contributed by atoms with Crippen LogP contribution in [0, 0.1) is 0 Å². The van der Waals surface area contributed by atoms with Crippen LogP contribution in [0.2, 0.25) is 0 Å². The number of hydrogen-bond acceptors (Lipinski definition) is 4. The fourth-order valence-corrected chi connectivity index (χ4v) is 1.19. The lowest BCUT2D eigenvalue weighted by atomic mass is 10.1. The van der Waals surface area contributed by atoms with Crippen molar-refractivity contribution >= 4 is 11.7 Å². The van der Waals surface area contributed by atoms with E-state index in [0.717, 1.165) is 5.56 Å². The van der Waals surface area contributed by atoms with Gasteiger partial charge in [-0.15, -0.1) is 0 Å². The number of aliphatic hydroxyl groups excluding tert-OH is 1. The Bertz CT molecular complexity index is 389. The highest BCUT2D eigenvalue weighted by Gasteiger charge is 2.07. The molecule has 5 nitrogen and oxygen atoms in total. The molecule has 0 spiro atoms. The van der Waals surface area contributed by atoms with Crippen LogP contribution >= 0.6 is 0 Å². The summed E-state index contributed by atoms with van der Waals surface area (Å²) in [7, 11) is 0. The van der Waals surface area contributed by atoms with Gasteiger partial charge < -0.3 is 15.1 Å². The van der Waals surface area contributed by atoms with Crippen LogP contribution in [0.15, 0.2) is 35.5 Å². The average molecular weight is 237 g/mol. The molecule has 1 aromatic carbocycles. The third-order valence-corrected chi connectivity index (χ3v) is 2.18. The molecule has 0 radical (unpaired) electrons. The minimum Gasteiger partial charge on any atom is -0.477 e. The smallest absolute Gasteiger partial charge is 0.353 e. The molecule has 1 rings (SSSR count). The van der Waals surface area contributed by atoms with Crippen molar-refractivity contribution in [3.63, 3.8) is 0 Å². The van der Waals surface area contributed by atoms with Crippen molar-refractivity contribution < 1.29 is 19.8 Å². The van der Waals surface area contributed by atoms with Gasteiger partial charge in [0.05, 0.1) is 6.10 Å². The molecule has 0 saturated heterocycles. The first-order valence-corrected chi connectivity index (χ1v) is 5.24. The lowest BCUT2D eigenvalue weighted by Gasteiger charge is -2.09. The van der Waals surface area contributed by atoms with Crippen LogP contribution < -0.4 is 0 Å². The van der Waals surface area contributed by atoms with Crippen LogP contribution in [0.3, 0.4) is 0 Å². The van der Waals surface area contributed by atoms with Gasteiger partial charge >= 0.3 is 5.97 Å². The highest BCUT2D eigenvalue weighted by Crippen LogP contribution is 2.15. The number of aliphatic hydroxyl groups is 1. The number of oxime groups is 1. The van der Waals surface area contributed by atoms with Gasteiger partial charge in [0.15, 0.2) is 5.71 Å². The number of hydrogen-bond donors (Lipinski definition) is 2. The fourth-order valence-electron chi connectivity index (χ4n) is 1.19. The summed E-state index contributed by atoms with van der Waals surface area (Å²) in [5, 5.41) is 21.7. The minimum absolute atomic E-state index is 0.112. The third-order valence-electron chi connectivity index (χ3n) is 2.18. The second-order valence-corrected chi connectivity index (χ2v) is 3.53. The zero-order chi connectivity index (χ0) is 12.7. The van der Waals surface area contributed by atoms with Gasteiger partial charge in [-0.3, -0.25) is 0 Å². The number of nitrogens with zero attached hydrogens (tertiary/aromatic N) is 1. The standard InChI is InChI=1S/C12H15NO4/c1-9(12(15)16)13-17-8-7-11(14)10-5-3-2-4-6-10/h2-6,11,14H,7-8H2,1H3,(H,15,16)/b13-9-. The molecule has 0 heterocycles. The number of carbonyl (C=O) groups is 1. The Morgan fingerprint density at radius 3 is 2.65 bits per heavy atom. The summed E-state index contributed by atoms with van der Waals surface area (Å²) in [5.74, 6) is -1.12. The van der Waals surface area contributed by atoms with Gasteiger partial charge in [0.25, 0.3) is 0 Å². The van der Waals surface area contributed by atoms with Crippen molar-refractivity contribution in [2.24, 2.45) is 5.16 Å². The molecule has 92 valence electrons. The first kappa shape index (κ1) is 13.2. The first-order chi connectivity index (χ1) is 8.11. The predicted molar refractivity (Wildman–Crippen MR) is 62.7 cm³/mol. The van der Waals surface area contributed by atoms with E-state index in [1.807, 2.05) is 30.3 Å². The van der Waals surface area contributed by atoms with Gasteiger partial charge in [0.1, 0.15) is 6.61 Å². The van der Waals surface area contributed by atoms with E-state index in [-0.39, 0.29) is 12.3 Å². The van der Waals surface area contributed by atoms with Crippen molar-refractivity contribution in [1.29, 1.82) is 0 Å². The quantitative estimate of drug-likeness (QED) is 0.447. The van der Waals surface area contributed by atoms with E-state index >= 15 is 0 Å². The largest absolute Gasteiger partial charge is 0.477 e. The minimum atomic E-state index is -1.12. The maximum Gasteiger partial charge on any atom is 0.353 e. The van der Waals surface area contributed by atoms with Crippen LogP contribution in [-0.4, -0.2) is 28.5 Å². The van der Waals surface area contributed by atoms with Gasteiger partial charge in [-0.2, -0.15) is 0 Å². The molecule has 1 atom stereocenters. The van der Waals surface area contributed by atoms with Crippen LogP contribution in [0.5, 0.6) is 0 Å². The molecule has 1 aromatic rings. The van der Waals surface area contributed by atoms with E-state index < -0.39 is 12.1 Å². The summed E-state index contributed by atoms with van der Waals surface area (Å²) in [5.41, 5.74) is 0.689. The monoisotopic (exact) mass is 237 g/mol. The molecule has 2 N–H and O–H groups in total. The van der Waals surface area contributed by atoms with Gasteiger partial charge in [-0.05, 0) is 12.5 Å². The second-order valence-electron chi connectivity index (χ2n) is 3.53. The summed E-state index contributed by atoms with van der Waals surface area (Å²) in [6.07, 6.45) is -0.267. The number of benzene rings is 1. The molecule has 5 heteroatoms. The van der Waals surface area contributed by atoms with Crippen LogP contribution in [0.1, 0.15) is 25.0 Å². The van der Waals surface area contributed by atoms with Crippen molar-refractivity contribution in [1.82, 2.24) is 0 Å². The Hall–Kier alpha value is -1.88. The number of carboxylic acids is 1. The van der Waals surface area contributed by atoms with Gasteiger partial charge in [0, 0.05) is 6.42 Å². The van der Waals surface area contributed by atoms with Gasteiger partial charge in [0.2, 0.25) is 0 Å². The van der Waals surface area contributed by atoms with E-state index in [0.29, 0.717) is 6.42 Å². The molecule has 0 bridgehead atoms. The summed E-state index contributed by atoms with van der Waals surface area (Å²) in [6.45, 7) is 1.51. The van der Waals surface area contributed by atoms with Crippen molar-refractivity contribution in [3.8, 4) is 0 Å². The highest BCUT2D eigenvalue weighted by atomic mass is 16.6. The predicted octanol–water partition coefficient (Wildman–Crippen LogP) is 1.59. The average Bonchev–Trinajstić information content (AvgIpc) is 2.35. The van der Waals surface area contributed by atoms with Crippen molar-refractivity contribution in [3.05, 3.63) is 35.9 Å². The van der Waals surface area contributed by atoms with E-state index in [2.05, 4.69) is 5.16 Å². The molecule has 1 unspecified atom stereocenters. The molecular formula is C12H15NO4. The maximum atomic E-state index is 10.4. The van der Waals surface area contributed by atoms with Crippen molar-refractivity contribution in [2.75, 3.05) is 6.61 Å². The lowest BCUT2D eigenvalue weighted by molar-refractivity contribution is -0.129. The highest BCUT2D eigenvalue weighted by molar-refractivity contribution is 6.34. The van der Waals surface area contributed by atoms with Crippen LogP contribution in [0.4, 0.5) is 0 Å². The maximum absolute atomic E-state index is 10.4. The zero-order valence-corrected chi connectivity index (χ0v) is 9.54. The topological polar surface area (TPSA) is 79.1 Å². The number of rotatable bonds is 6. The lowest BCUT2D eigenvalue weighted by Crippen LogP contribution is -2.09. The van der Waals surface area contributed by atoms with E-state index in [9.17, 15) is 9.90 Å². The molecular weight excluding hydrogens is 222 g/mol. The summed E-state index contributed by atoms with van der Waals surface area (Å²) in [4.78, 5) is 15.2. The van der Waals surface area contributed by atoms with E-state index in [4.69, 9.17) is 9.94 Å². The Morgan fingerprint density at radius 2 is 2.06 bits per heavy atom. The molecule has 0 aliphatic rings. The SMILES string of the molecule is C/C(=N/OCCC(O)c1ccccc1)C(=O)O. The first-order valence-electron chi connectivity index (χ1n) is 5.24. The number of aliphatic carboxylic acids is 1. The second kappa shape index (κ2) is 6.65. The molecule has 0 amide bonds. The van der Waals surface area contributed by atoms with Gasteiger partial charge in [-0.1, -0.05) is 35.5 Å². The molecule has 17 heavy (non-hydrogen) atoms. The molecule has 0 aliphatic heterocycles. The summed E-state index contributed by atoms with van der Waals surface area (Å²) < 4.78 is 0. The molecule has 0 saturated carbocycles.